The lowest BCUT2D eigenvalue weighted by Crippen LogP contribution is -2.52. The highest BCUT2D eigenvalue weighted by atomic mass is 16.6. The Hall–Kier alpha value is -3.87. The van der Waals surface area contributed by atoms with Crippen LogP contribution in [0.2, 0.25) is 0 Å². The first kappa shape index (κ1) is 39.2. The van der Waals surface area contributed by atoms with E-state index in [2.05, 4.69) is 21.4 Å². The first-order valence-corrected chi connectivity index (χ1v) is 15.6. The number of carbonyl (C=O) groups is 5. The molecule has 0 heterocycles. The number of unbranched alkanes of at least 4 members (excludes halogenated alkanes) is 1. The summed E-state index contributed by atoms with van der Waals surface area (Å²) in [7, 11) is 1.54. The highest BCUT2D eigenvalue weighted by molar-refractivity contribution is 5.86. The molecule has 0 spiro atoms. The topological polar surface area (TPSA) is 164 Å². The van der Waals surface area contributed by atoms with Crippen molar-refractivity contribution in [3.63, 3.8) is 0 Å². The van der Waals surface area contributed by atoms with Crippen molar-refractivity contribution in [3.05, 3.63) is 35.9 Å². The Balaban J connectivity index is 2.81. The van der Waals surface area contributed by atoms with Crippen LogP contribution in [0, 0.1) is 5.92 Å². The third-order valence-corrected chi connectivity index (χ3v) is 6.15. The Bertz CT molecular complexity index is 1060. The third kappa shape index (κ3) is 19.9. The van der Waals surface area contributed by atoms with Crippen LogP contribution in [-0.4, -0.2) is 79.4 Å². The average molecular weight is 636 g/mol. The summed E-state index contributed by atoms with van der Waals surface area (Å²) in [5.41, 5.74) is 2.74. The first-order chi connectivity index (χ1) is 21.2. The normalized spacial score (nSPS) is 12.6. The fourth-order valence-corrected chi connectivity index (χ4v) is 4.08. The first-order valence-electron chi connectivity index (χ1n) is 15.6. The molecular formula is C32H53N5O8. The van der Waals surface area contributed by atoms with Gasteiger partial charge in [-0.05, 0) is 57.9 Å². The molecule has 4 amide bonds. The monoisotopic (exact) mass is 635 g/mol. The molecule has 0 fully saturated rings. The van der Waals surface area contributed by atoms with E-state index >= 15 is 0 Å². The van der Waals surface area contributed by atoms with Gasteiger partial charge in [0.15, 0.2) is 0 Å². The third-order valence-electron chi connectivity index (χ3n) is 6.15. The summed E-state index contributed by atoms with van der Waals surface area (Å²) in [6, 6.07) is 7.75. The molecule has 0 aliphatic carbocycles. The van der Waals surface area contributed by atoms with Gasteiger partial charge in [0.25, 0.3) is 0 Å². The Morgan fingerprint density at radius 1 is 0.933 bits per heavy atom. The smallest absolute Gasteiger partial charge is 0.408 e. The number of esters is 1. The molecule has 0 unspecified atom stereocenters. The van der Waals surface area contributed by atoms with Gasteiger partial charge >= 0.3 is 18.2 Å². The maximum Gasteiger partial charge on any atom is 0.408 e. The number of benzene rings is 1. The molecule has 4 N–H and O–H groups in total. The summed E-state index contributed by atoms with van der Waals surface area (Å²) in [5, 5.41) is 9.52. The van der Waals surface area contributed by atoms with E-state index in [0.717, 1.165) is 18.4 Å². The van der Waals surface area contributed by atoms with Crippen molar-refractivity contribution in [3.8, 4) is 0 Å². The summed E-state index contributed by atoms with van der Waals surface area (Å²) in [5.74, 6) is -1.28. The van der Waals surface area contributed by atoms with E-state index in [1.807, 2.05) is 51.1 Å². The van der Waals surface area contributed by atoms with Crippen molar-refractivity contribution >= 4 is 30.0 Å². The molecule has 254 valence electrons. The van der Waals surface area contributed by atoms with Gasteiger partial charge in [-0.15, -0.1) is 0 Å². The van der Waals surface area contributed by atoms with Crippen LogP contribution < -0.4 is 21.4 Å². The number of hydrogen-bond donors (Lipinski definition) is 4. The van der Waals surface area contributed by atoms with Gasteiger partial charge in [-0.1, -0.05) is 57.5 Å². The number of amides is 4. The van der Waals surface area contributed by atoms with E-state index in [1.165, 1.54) is 5.01 Å². The number of alkyl carbamates (subject to hydrolysis) is 2. The molecule has 45 heavy (non-hydrogen) atoms. The number of rotatable bonds is 19. The number of nitrogens with one attached hydrogen (secondary N) is 4. The van der Waals surface area contributed by atoms with Crippen LogP contribution in [0.15, 0.2) is 30.3 Å². The van der Waals surface area contributed by atoms with Crippen molar-refractivity contribution in [2.75, 3.05) is 26.7 Å². The van der Waals surface area contributed by atoms with Crippen molar-refractivity contribution in [1.82, 2.24) is 26.4 Å². The number of carbonyl (C=O) groups excluding carboxylic acids is 5. The van der Waals surface area contributed by atoms with Crippen LogP contribution in [0.25, 0.3) is 0 Å². The van der Waals surface area contributed by atoms with E-state index in [1.54, 1.807) is 27.8 Å². The quantitative estimate of drug-likeness (QED) is 0.0766. The lowest BCUT2D eigenvalue weighted by Gasteiger charge is -2.26. The SMILES string of the molecule is CCCCOC(=O)CN(C)NC(=O)C[C@H](CCCNC(=O)OCc1ccccc1)NC(=O)[C@@H](CC(C)C)NC(=O)OC(C)(C)C. The number of hydrazine groups is 1. The van der Waals surface area contributed by atoms with Gasteiger partial charge < -0.3 is 30.2 Å². The number of likely N-dealkylation sites (N-methyl/N-ethyl adjacent to an activating group) is 1. The molecule has 1 aromatic rings. The second kappa shape index (κ2) is 21.0. The van der Waals surface area contributed by atoms with Gasteiger partial charge in [0, 0.05) is 26.1 Å². The predicted octanol–water partition coefficient (Wildman–Crippen LogP) is 3.81. The van der Waals surface area contributed by atoms with E-state index in [-0.39, 0.29) is 32.0 Å². The molecule has 0 bridgehead atoms. The molecule has 13 heteroatoms. The molecule has 0 aliphatic heterocycles. The molecule has 0 saturated carbocycles. The lowest BCUT2D eigenvalue weighted by molar-refractivity contribution is -0.146. The number of ether oxygens (including phenoxy) is 3. The molecule has 0 aliphatic rings. The number of hydrogen-bond acceptors (Lipinski definition) is 9. The molecule has 2 atom stereocenters. The summed E-state index contributed by atoms with van der Waals surface area (Å²) >= 11 is 0. The van der Waals surface area contributed by atoms with Gasteiger partial charge in [0.2, 0.25) is 11.8 Å². The molecule has 1 rings (SSSR count). The van der Waals surface area contributed by atoms with Crippen LogP contribution in [-0.2, 0) is 35.2 Å². The van der Waals surface area contributed by atoms with E-state index < -0.39 is 47.7 Å². The summed E-state index contributed by atoms with van der Waals surface area (Å²) in [6.07, 6.45) is 1.34. The zero-order chi connectivity index (χ0) is 33.8. The Morgan fingerprint density at radius 3 is 2.24 bits per heavy atom. The molecule has 0 aromatic heterocycles. The second-order valence-electron chi connectivity index (χ2n) is 12.3. The van der Waals surface area contributed by atoms with Crippen molar-refractivity contribution in [2.45, 2.75) is 104 Å². The fraction of sp³-hybridized carbons (Fsp3) is 0.656. The van der Waals surface area contributed by atoms with Gasteiger partial charge in [-0.2, -0.15) is 0 Å². The molecule has 0 radical (unpaired) electrons. The van der Waals surface area contributed by atoms with Crippen molar-refractivity contribution in [2.24, 2.45) is 5.92 Å². The Labute approximate surface area is 267 Å². The average Bonchev–Trinajstić information content (AvgIpc) is 2.93. The molecule has 0 saturated heterocycles. The summed E-state index contributed by atoms with van der Waals surface area (Å²) in [4.78, 5) is 62.9. The van der Waals surface area contributed by atoms with Crippen LogP contribution >= 0.6 is 0 Å². The van der Waals surface area contributed by atoms with Crippen LogP contribution in [0.3, 0.4) is 0 Å². The van der Waals surface area contributed by atoms with Gasteiger partial charge in [-0.3, -0.25) is 19.8 Å². The van der Waals surface area contributed by atoms with Crippen LogP contribution in [0.1, 0.15) is 85.6 Å². The highest BCUT2D eigenvalue weighted by Gasteiger charge is 2.27. The zero-order valence-corrected chi connectivity index (χ0v) is 27.9. The van der Waals surface area contributed by atoms with Crippen molar-refractivity contribution in [1.29, 1.82) is 0 Å². The molecule has 13 nitrogen and oxygen atoms in total. The fourth-order valence-electron chi connectivity index (χ4n) is 4.08. The van der Waals surface area contributed by atoms with E-state index in [4.69, 9.17) is 14.2 Å². The number of nitrogens with zero attached hydrogens (tertiary/aromatic N) is 1. The molecular weight excluding hydrogens is 582 g/mol. The lowest BCUT2D eigenvalue weighted by atomic mass is 10.0. The summed E-state index contributed by atoms with van der Waals surface area (Å²) in [6.45, 7) is 11.6. The van der Waals surface area contributed by atoms with Gasteiger partial charge in [0.05, 0.1) is 6.61 Å². The standard InChI is InChI=1S/C32H53N5O8/c1-8-9-18-43-28(39)21-37(7)36-27(38)20-25(16-13-17-33-30(41)44-22-24-14-11-10-12-15-24)34-29(40)26(19-23(2)3)35-31(42)45-32(4,5)6/h10-12,14-15,23,25-26H,8-9,13,16-22H2,1-7H3,(H,33,41)(H,34,40)(H,35,42)(H,36,38)/t25-,26+/m0/s1. The summed E-state index contributed by atoms with van der Waals surface area (Å²) < 4.78 is 15.7. The Kier molecular flexibility index (Phi) is 18.2. The van der Waals surface area contributed by atoms with Gasteiger partial charge in [0.1, 0.15) is 24.8 Å². The zero-order valence-electron chi connectivity index (χ0n) is 27.9. The second-order valence-corrected chi connectivity index (χ2v) is 12.3. The minimum absolute atomic E-state index is 0.0780. The van der Waals surface area contributed by atoms with Crippen LogP contribution in [0.4, 0.5) is 9.59 Å². The minimum atomic E-state index is -0.892. The largest absolute Gasteiger partial charge is 0.465 e. The van der Waals surface area contributed by atoms with Gasteiger partial charge in [-0.25, -0.2) is 14.6 Å². The molecule has 1 aromatic carbocycles. The highest BCUT2D eigenvalue weighted by Crippen LogP contribution is 2.11. The van der Waals surface area contributed by atoms with E-state index in [9.17, 15) is 24.0 Å². The van der Waals surface area contributed by atoms with E-state index in [0.29, 0.717) is 25.9 Å². The maximum absolute atomic E-state index is 13.4. The predicted molar refractivity (Wildman–Crippen MR) is 170 cm³/mol. The minimum Gasteiger partial charge on any atom is -0.465 e. The Morgan fingerprint density at radius 2 is 1.62 bits per heavy atom. The van der Waals surface area contributed by atoms with Crippen molar-refractivity contribution < 1.29 is 38.2 Å². The van der Waals surface area contributed by atoms with Crippen LogP contribution in [0.5, 0.6) is 0 Å². The maximum atomic E-state index is 13.4.